The monoisotopic (exact) mass is 365 g/mol. The van der Waals surface area contributed by atoms with Crippen molar-refractivity contribution in [2.24, 2.45) is 0 Å². The Bertz CT molecular complexity index is 249. The van der Waals surface area contributed by atoms with Gasteiger partial charge < -0.3 is 0 Å². The summed E-state index contributed by atoms with van der Waals surface area (Å²) in [6, 6.07) is 0. The summed E-state index contributed by atoms with van der Waals surface area (Å²) in [7, 11) is 0. The van der Waals surface area contributed by atoms with Crippen molar-refractivity contribution in [2.75, 3.05) is 0 Å². The van der Waals surface area contributed by atoms with Crippen LogP contribution in [0.25, 0.3) is 0 Å². The summed E-state index contributed by atoms with van der Waals surface area (Å²) >= 11 is 0. The molecule has 0 aromatic heterocycles. The van der Waals surface area contributed by atoms with Crippen LogP contribution in [0.5, 0.6) is 0 Å². The Hall–Kier alpha value is -0.330. The largest absolute Gasteiger partial charge is 0.291 e. The fourth-order valence-corrected chi connectivity index (χ4v) is 3.81. The second-order valence-corrected chi connectivity index (χ2v) is 8.32. The highest BCUT2D eigenvalue weighted by atomic mass is 16.1. The third kappa shape index (κ3) is 23.7. The van der Waals surface area contributed by atoms with Crippen molar-refractivity contribution in [1.29, 1.82) is 0 Å². The maximum atomic E-state index is 10.1. The molecule has 0 unspecified atom stereocenters. The van der Waals surface area contributed by atoms with Crippen LogP contribution in [0, 0.1) is 0 Å². The molecule has 155 valence electrons. The summed E-state index contributed by atoms with van der Waals surface area (Å²) in [6.45, 7) is 2.29. The Morgan fingerprint density at radius 2 is 0.615 bits per heavy atom. The van der Waals surface area contributed by atoms with Crippen molar-refractivity contribution in [3.8, 4) is 0 Å². The van der Waals surface area contributed by atoms with E-state index in [1.54, 1.807) is 0 Å². The summed E-state index contributed by atoms with van der Waals surface area (Å²) in [6.07, 6.45) is 33.6. The molecule has 0 aliphatic rings. The quantitative estimate of drug-likeness (QED) is 0.165. The number of carbonyl (C=O) groups excluding carboxylic acids is 1. The molecule has 1 nitrogen and oxygen atoms in total. The third-order valence-corrected chi connectivity index (χ3v) is 5.63. The van der Waals surface area contributed by atoms with E-state index in [0.717, 1.165) is 6.42 Å². The highest BCUT2D eigenvalue weighted by molar-refractivity contribution is 5.50. The van der Waals surface area contributed by atoms with Crippen LogP contribution < -0.4 is 0 Å². The molecule has 0 fully saturated rings. The molecule has 0 aromatic carbocycles. The van der Waals surface area contributed by atoms with Crippen LogP contribution >= 0.6 is 0 Å². The summed E-state index contributed by atoms with van der Waals surface area (Å²) < 4.78 is 0. The van der Waals surface area contributed by atoms with E-state index in [1.807, 2.05) is 6.29 Å². The van der Waals surface area contributed by atoms with E-state index in [2.05, 4.69) is 6.92 Å². The smallest absolute Gasteiger partial charge is 0.198 e. The van der Waals surface area contributed by atoms with Gasteiger partial charge in [0.1, 0.15) is 0 Å². The molecule has 0 rings (SSSR count). The Labute approximate surface area is 166 Å². The van der Waals surface area contributed by atoms with E-state index >= 15 is 0 Å². The molecule has 1 radical (unpaired) electrons. The topological polar surface area (TPSA) is 17.1 Å². The molecule has 26 heavy (non-hydrogen) atoms. The Kier molecular flexibility index (Phi) is 24.4. The molecule has 0 aliphatic carbocycles. The van der Waals surface area contributed by atoms with Gasteiger partial charge in [0.15, 0.2) is 6.29 Å². The van der Waals surface area contributed by atoms with Crippen LogP contribution in [0.2, 0.25) is 0 Å². The van der Waals surface area contributed by atoms with Crippen molar-refractivity contribution < 1.29 is 4.79 Å². The molecular formula is C25H49O. The van der Waals surface area contributed by atoms with Gasteiger partial charge in [-0.2, -0.15) is 0 Å². The second kappa shape index (κ2) is 24.7. The van der Waals surface area contributed by atoms with E-state index < -0.39 is 0 Å². The second-order valence-electron chi connectivity index (χ2n) is 8.32. The maximum absolute atomic E-state index is 10.1. The van der Waals surface area contributed by atoms with Crippen molar-refractivity contribution in [2.45, 2.75) is 155 Å². The van der Waals surface area contributed by atoms with Crippen LogP contribution in [-0.4, -0.2) is 6.29 Å². The van der Waals surface area contributed by atoms with E-state index in [-0.39, 0.29) is 0 Å². The van der Waals surface area contributed by atoms with Crippen molar-refractivity contribution in [3.63, 3.8) is 0 Å². The first-order valence-corrected chi connectivity index (χ1v) is 12.3. The lowest BCUT2D eigenvalue weighted by atomic mass is 10.0. The Balaban J connectivity index is 2.96. The van der Waals surface area contributed by atoms with Gasteiger partial charge in [0, 0.05) is 6.42 Å². The van der Waals surface area contributed by atoms with Gasteiger partial charge in [-0.25, -0.2) is 0 Å². The van der Waals surface area contributed by atoms with Crippen LogP contribution in [0.4, 0.5) is 0 Å². The molecule has 0 aliphatic heterocycles. The van der Waals surface area contributed by atoms with E-state index in [0.29, 0.717) is 6.42 Å². The van der Waals surface area contributed by atoms with Crippen molar-refractivity contribution in [1.82, 2.24) is 0 Å². The molecule has 0 bridgehead atoms. The van der Waals surface area contributed by atoms with Gasteiger partial charge in [0.25, 0.3) is 0 Å². The average molecular weight is 366 g/mol. The van der Waals surface area contributed by atoms with E-state index in [4.69, 9.17) is 0 Å². The minimum absolute atomic E-state index is 0.638. The molecule has 0 atom stereocenters. The lowest BCUT2D eigenvalue weighted by molar-refractivity contribution is 0.518. The lowest BCUT2D eigenvalue weighted by Crippen LogP contribution is -1.84. The molecule has 0 saturated carbocycles. The van der Waals surface area contributed by atoms with Gasteiger partial charge in [0.2, 0.25) is 0 Å². The molecule has 0 amide bonds. The van der Waals surface area contributed by atoms with Crippen LogP contribution in [0.15, 0.2) is 0 Å². The molecule has 1 heteroatoms. The van der Waals surface area contributed by atoms with Gasteiger partial charge >= 0.3 is 0 Å². The summed E-state index contributed by atoms with van der Waals surface area (Å²) in [5.74, 6) is 0. The zero-order valence-corrected chi connectivity index (χ0v) is 18.2. The van der Waals surface area contributed by atoms with Gasteiger partial charge in [0.05, 0.1) is 0 Å². The van der Waals surface area contributed by atoms with Gasteiger partial charge in [-0.15, -0.1) is 0 Å². The molecule has 0 heterocycles. The fourth-order valence-electron chi connectivity index (χ4n) is 3.81. The van der Waals surface area contributed by atoms with E-state index in [9.17, 15) is 4.79 Å². The minimum Gasteiger partial charge on any atom is -0.291 e. The molecular weight excluding hydrogens is 316 g/mol. The third-order valence-electron chi connectivity index (χ3n) is 5.63. The van der Waals surface area contributed by atoms with Gasteiger partial charge in [-0.05, 0) is 6.42 Å². The molecule has 0 N–H and O–H groups in total. The Morgan fingerprint density at radius 1 is 0.385 bits per heavy atom. The minimum atomic E-state index is 0.638. The zero-order chi connectivity index (χ0) is 19.0. The maximum Gasteiger partial charge on any atom is 0.198 e. The van der Waals surface area contributed by atoms with Crippen molar-refractivity contribution >= 4 is 6.29 Å². The first-order chi connectivity index (χ1) is 12.9. The van der Waals surface area contributed by atoms with Crippen LogP contribution in [0.1, 0.15) is 155 Å². The van der Waals surface area contributed by atoms with Crippen molar-refractivity contribution in [3.05, 3.63) is 0 Å². The first kappa shape index (κ1) is 25.7. The number of hydrogen-bond donors (Lipinski definition) is 0. The average Bonchev–Trinajstić information content (AvgIpc) is 2.66. The Morgan fingerprint density at radius 3 is 0.846 bits per heavy atom. The van der Waals surface area contributed by atoms with E-state index in [1.165, 1.54) is 135 Å². The summed E-state index contributed by atoms with van der Waals surface area (Å²) in [4.78, 5) is 10.1. The van der Waals surface area contributed by atoms with Crippen LogP contribution in [0.3, 0.4) is 0 Å². The first-order valence-electron chi connectivity index (χ1n) is 12.3. The zero-order valence-electron chi connectivity index (χ0n) is 18.2. The molecule has 0 spiro atoms. The van der Waals surface area contributed by atoms with Gasteiger partial charge in [-0.3, -0.25) is 4.79 Å². The SMILES string of the molecule is CCCCCCCCCCCCCCCCCCCCCCCC[C]=O. The highest BCUT2D eigenvalue weighted by Gasteiger charge is 1.95. The van der Waals surface area contributed by atoms with Crippen LogP contribution in [-0.2, 0) is 4.79 Å². The molecule has 0 aromatic rings. The highest BCUT2D eigenvalue weighted by Crippen LogP contribution is 2.15. The fraction of sp³-hybridized carbons (Fsp3) is 0.960. The number of hydrogen-bond acceptors (Lipinski definition) is 1. The number of unbranched alkanes of at least 4 members (excludes halogenated alkanes) is 22. The molecule has 0 saturated heterocycles. The predicted molar refractivity (Wildman–Crippen MR) is 118 cm³/mol. The standard InChI is InChI=1S/C25H49O/c1-2-3-4-5-6-7-8-9-10-11-12-13-14-15-16-17-18-19-20-21-22-23-24-25-26/h2-24H2,1H3. The summed E-state index contributed by atoms with van der Waals surface area (Å²) in [5.41, 5.74) is 0. The predicted octanol–water partition coefficient (Wildman–Crippen LogP) is 9.09. The lowest BCUT2D eigenvalue weighted by Gasteiger charge is -2.04. The summed E-state index contributed by atoms with van der Waals surface area (Å²) in [5, 5.41) is 0. The number of rotatable bonds is 23. The normalized spacial score (nSPS) is 11.1. The van der Waals surface area contributed by atoms with Gasteiger partial charge in [-0.1, -0.05) is 142 Å².